The summed E-state index contributed by atoms with van der Waals surface area (Å²) in [5, 5.41) is 3.44. The number of benzene rings is 1. The zero-order chi connectivity index (χ0) is 10.8. The first kappa shape index (κ1) is 11.2. The van der Waals surface area contributed by atoms with Gasteiger partial charge in [-0.3, -0.25) is 4.79 Å². The maximum atomic E-state index is 11.8. The maximum absolute atomic E-state index is 11.8. The van der Waals surface area contributed by atoms with Gasteiger partial charge in [0.05, 0.1) is 10.6 Å². The molecule has 1 N–H and O–H groups in total. The fraction of sp³-hybridized carbons (Fsp3) is 0.364. The lowest BCUT2D eigenvalue weighted by atomic mass is 10.2. The topological polar surface area (TPSA) is 29.1 Å². The highest BCUT2D eigenvalue weighted by atomic mass is 127. The predicted molar refractivity (Wildman–Crippen MR) is 69.2 cm³/mol. The van der Waals surface area contributed by atoms with Crippen molar-refractivity contribution in [1.29, 1.82) is 0 Å². The average molecular weight is 336 g/mol. The van der Waals surface area contributed by atoms with E-state index in [9.17, 15) is 4.79 Å². The third kappa shape index (κ3) is 2.84. The van der Waals surface area contributed by atoms with Gasteiger partial charge in [-0.1, -0.05) is 17.7 Å². The van der Waals surface area contributed by atoms with Crippen molar-refractivity contribution in [2.24, 2.45) is 5.92 Å². The highest BCUT2D eigenvalue weighted by molar-refractivity contribution is 14.1. The molecule has 0 radical (unpaired) electrons. The normalized spacial score (nSPS) is 15.1. The summed E-state index contributed by atoms with van der Waals surface area (Å²) in [5.41, 5.74) is 0.598. The fourth-order valence-corrected chi connectivity index (χ4v) is 2.53. The summed E-state index contributed by atoms with van der Waals surface area (Å²) >= 11 is 8.12. The Morgan fingerprint density at radius 2 is 2.27 bits per heavy atom. The third-order valence-corrected chi connectivity index (χ3v) is 3.65. The number of nitrogens with one attached hydrogen (secondary N) is 1. The Morgan fingerprint density at radius 3 is 2.87 bits per heavy atom. The molecule has 2 rings (SSSR count). The number of halogens is 2. The van der Waals surface area contributed by atoms with E-state index in [0.717, 1.165) is 10.1 Å². The fourth-order valence-electron chi connectivity index (χ4n) is 1.36. The number of carbonyl (C=O) groups excluding carboxylic acids is 1. The van der Waals surface area contributed by atoms with Gasteiger partial charge in [-0.15, -0.1) is 0 Å². The van der Waals surface area contributed by atoms with Gasteiger partial charge in [0.1, 0.15) is 0 Å². The standard InChI is InChI=1S/C11H11ClINO/c12-8-2-1-3-9(13)10(8)11(15)14-6-7-4-5-7/h1-3,7H,4-6H2,(H,14,15). The molecule has 1 aromatic carbocycles. The van der Waals surface area contributed by atoms with Gasteiger partial charge in [-0.05, 0) is 53.5 Å². The van der Waals surface area contributed by atoms with Crippen LogP contribution in [0.25, 0.3) is 0 Å². The SMILES string of the molecule is O=C(NCC1CC1)c1c(Cl)cccc1I. The summed E-state index contributed by atoms with van der Waals surface area (Å²) in [6.07, 6.45) is 2.47. The second-order valence-electron chi connectivity index (χ2n) is 3.75. The first-order chi connectivity index (χ1) is 7.18. The Bertz CT molecular complexity index is 370. The Labute approximate surface area is 108 Å². The lowest BCUT2D eigenvalue weighted by Crippen LogP contribution is -2.26. The van der Waals surface area contributed by atoms with E-state index in [1.165, 1.54) is 12.8 Å². The van der Waals surface area contributed by atoms with Crippen LogP contribution in [0.4, 0.5) is 0 Å². The molecule has 1 aliphatic rings. The molecule has 4 heteroatoms. The number of amides is 1. The van der Waals surface area contributed by atoms with Gasteiger partial charge in [-0.2, -0.15) is 0 Å². The van der Waals surface area contributed by atoms with Crippen molar-refractivity contribution >= 4 is 40.1 Å². The van der Waals surface area contributed by atoms with Crippen LogP contribution in [-0.4, -0.2) is 12.5 Å². The highest BCUT2D eigenvalue weighted by Gasteiger charge is 2.22. The van der Waals surface area contributed by atoms with Crippen LogP contribution in [0.1, 0.15) is 23.2 Å². The largest absolute Gasteiger partial charge is 0.352 e. The molecular weight excluding hydrogens is 324 g/mol. The first-order valence-corrected chi connectivity index (χ1v) is 6.36. The van der Waals surface area contributed by atoms with Crippen LogP contribution in [0.15, 0.2) is 18.2 Å². The molecule has 0 aromatic heterocycles. The highest BCUT2D eigenvalue weighted by Crippen LogP contribution is 2.28. The summed E-state index contributed by atoms with van der Waals surface area (Å²) in [5.74, 6) is 0.631. The zero-order valence-corrected chi connectivity index (χ0v) is 11.0. The Hall–Kier alpha value is -0.290. The molecule has 1 aliphatic carbocycles. The van der Waals surface area contributed by atoms with Crippen LogP contribution >= 0.6 is 34.2 Å². The molecule has 1 saturated carbocycles. The number of carbonyl (C=O) groups is 1. The molecule has 1 aromatic rings. The van der Waals surface area contributed by atoms with Gasteiger partial charge >= 0.3 is 0 Å². The summed E-state index contributed by atoms with van der Waals surface area (Å²) in [6.45, 7) is 0.778. The quantitative estimate of drug-likeness (QED) is 0.845. The summed E-state index contributed by atoms with van der Waals surface area (Å²) in [6, 6.07) is 5.48. The second kappa shape index (κ2) is 4.70. The van der Waals surface area contributed by atoms with Crippen molar-refractivity contribution in [2.75, 3.05) is 6.54 Å². The lowest BCUT2D eigenvalue weighted by Gasteiger charge is -2.07. The van der Waals surface area contributed by atoms with Crippen LogP contribution in [0, 0.1) is 9.49 Å². The van der Waals surface area contributed by atoms with E-state index in [4.69, 9.17) is 11.6 Å². The van der Waals surface area contributed by atoms with E-state index in [-0.39, 0.29) is 5.91 Å². The summed E-state index contributed by atoms with van der Waals surface area (Å²) in [7, 11) is 0. The molecule has 0 heterocycles. The molecular formula is C11H11ClINO. The minimum Gasteiger partial charge on any atom is -0.352 e. The molecule has 1 fully saturated rings. The predicted octanol–water partition coefficient (Wildman–Crippen LogP) is 3.08. The van der Waals surface area contributed by atoms with Crippen LogP contribution in [0.2, 0.25) is 5.02 Å². The van der Waals surface area contributed by atoms with E-state index in [0.29, 0.717) is 16.5 Å². The maximum Gasteiger partial charge on any atom is 0.253 e. The second-order valence-corrected chi connectivity index (χ2v) is 5.32. The third-order valence-electron chi connectivity index (χ3n) is 2.44. The van der Waals surface area contributed by atoms with Gasteiger partial charge in [-0.25, -0.2) is 0 Å². The van der Waals surface area contributed by atoms with E-state index in [2.05, 4.69) is 27.9 Å². The van der Waals surface area contributed by atoms with Gasteiger partial charge in [0.25, 0.3) is 5.91 Å². The number of hydrogen-bond acceptors (Lipinski definition) is 1. The van der Waals surface area contributed by atoms with Crippen molar-refractivity contribution in [3.8, 4) is 0 Å². The Balaban J connectivity index is 2.09. The molecule has 0 spiro atoms. The summed E-state index contributed by atoms with van der Waals surface area (Å²) < 4.78 is 0.897. The Kier molecular flexibility index (Phi) is 3.51. The molecule has 2 nitrogen and oxygen atoms in total. The van der Waals surface area contributed by atoms with Crippen LogP contribution < -0.4 is 5.32 Å². The van der Waals surface area contributed by atoms with E-state index in [1.54, 1.807) is 6.07 Å². The molecule has 80 valence electrons. The molecule has 0 unspecified atom stereocenters. The van der Waals surface area contributed by atoms with Crippen LogP contribution in [0.5, 0.6) is 0 Å². The zero-order valence-electron chi connectivity index (χ0n) is 8.09. The van der Waals surface area contributed by atoms with Crippen molar-refractivity contribution in [3.05, 3.63) is 32.4 Å². The van der Waals surface area contributed by atoms with Crippen LogP contribution in [0.3, 0.4) is 0 Å². The van der Waals surface area contributed by atoms with E-state index < -0.39 is 0 Å². The average Bonchev–Trinajstić information content (AvgIpc) is 2.97. The van der Waals surface area contributed by atoms with Gasteiger partial charge < -0.3 is 5.32 Å². The molecule has 0 aliphatic heterocycles. The van der Waals surface area contributed by atoms with Gasteiger partial charge in [0.2, 0.25) is 0 Å². The van der Waals surface area contributed by atoms with Gasteiger partial charge in [0, 0.05) is 10.1 Å². The number of rotatable bonds is 3. The summed E-state index contributed by atoms with van der Waals surface area (Å²) in [4.78, 5) is 11.8. The molecule has 0 atom stereocenters. The van der Waals surface area contributed by atoms with E-state index in [1.807, 2.05) is 12.1 Å². The molecule has 0 saturated heterocycles. The number of hydrogen-bond donors (Lipinski definition) is 1. The van der Waals surface area contributed by atoms with Crippen molar-refractivity contribution < 1.29 is 4.79 Å². The molecule has 15 heavy (non-hydrogen) atoms. The molecule has 1 amide bonds. The smallest absolute Gasteiger partial charge is 0.253 e. The minimum atomic E-state index is -0.0584. The monoisotopic (exact) mass is 335 g/mol. The van der Waals surface area contributed by atoms with Gasteiger partial charge in [0.15, 0.2) is 0 Å². The van der Waals surface area contributed by atoms with Crippen molar-refractivity contribution in [3.63, 3.8) is 0 Å². The van der Waals surface area contributed by atoms with Crippen molar-refractivity contribution in [2.45, 2.75) is 12.8 Å². The molecule has 0 bridgehead atoms. The van der Waals surface area contributed by atoms with Crippen molar-refractivity contribution in [1.82, 2.24) is 5.32 Å². The lowest BCUT2D eigenvalue weighted by molar-refractivity contribution is 0.0951. The first-order valence-electron chi connectivity index (χ1n) is 4.90. The minimum absolute atomic E-state index is 0.0584. The Morgan fingerprint density at radius 1 is 1.53 bits per heavy atom. The van der Waals surface area contributed by atoms with Crippen LogP contribution in [-0.2, 0) is 0 Å². The van der Waals surface area contributed by atoms with E-state index >= 15 is 0 Å².